The molecule has 1 aromatic carbocycles. The van der Waals surface area contributed by atoms with E-state index in [0.717, 1.165) is 30.3 Å². The average molecular weight is 448 g/mol. The van der Waals surface area contributed by atoms with Crippen molar-refractivity contribution in [3.8, 4) is 5.75 Å². The molecule has 2 atom stereocenters. The van der Waals surface area contributed by atoms with Crippen molar-refractivity contribution < 1.29 is 22.3 Å². The SMILES string of the molecule is COc1c(F)cccc1S(=O)(=O)CCC(=O)N1CC2CCC(C1)N2c1ccc(C)cn1. The van der Waals surface area contributed by atoms with Crippen LogP contribution < -0.4 is 9.64 Å². The van der Waals surface area contributed by atoms with Gasteiger partial charge >= 0.3 is 0 Å². The third-order valence-electron chi connectivity index (χ3n) is 6.05. The number of aromatic nitrogens is 1. The minimum atomic E-state index is -3.86. The second-order valence-corrected chi connectivity index (χ2v) is 10.2. The normalized spacial score (nSPS) is 20.7. The summed E-state index contributed by atoms with van der Waals surface area (Å²) in [6, 6.07) is 8.16. The quantitative estimate of drug-likeness (QED) is 0.677. The van der Waals surface area contributed by atoms with Gasteiger partial charge in [0.1, 0.15) is 10.7 Å². The topological polar surface area (TPSA) is 79.8 Å². The summed E-state index contributed by atoms with van der Waals surface area (Å²) in [5.41, 5.74) is 1.10. The van der Waals surface area contributed by atoms with Gasteiger partial charge in [0, 0.05) is 37.8 Å². The summed E-state index contributed by atoms with van der Waals surface area (Å²) >= 11 is 0. The van der Waals surface area contributed by atoms with Gasteiger partial charge < -0.3 is 14.5 Å². The number of carbonyl (C=O) groups excluding carboxylic acids is 1. The van der Waals surface area contributed by atoms with Crippen LogP contribution in [0, 0.1) is 12.7 Å². The second-order valence-electron chi connectivity index (χ2n) is 8.12. The molecule has 0 spiro atoms. The Kier molecular flexibility index (Phi) is 5.88. The Morgan fingerprint density at radius 3 is 2.52 bits per heavy atom. The smallest absolute Gasteiger partial charge is 0.223 e. The number of fused-ring (bicyclic) bond motifs is 2. The number of benzene rings is 1. The van der Waals surface area contributed by atoms with Crippen LogP contribution >= 0.6 is 0 Å². The molecule has 31 heavy (non-hydrogen) atoms. The molecule has 2 aromatic rings. The maximum atomic E-state index is 13.9. The van der Waals surface area contributed by atoms with Gasteiger partial charge in [-0.15, -0.1) is 0 Å². The fourth-order valence-corrected chi connectivity index (χ4v) is 5.93. The van der Waals surface area contributed by atoms with E-state index in [0.29, 0.717) is 13.1 Å². The van der Waals surface area contributed by atoms with Crippen LogP contribution in [0.15, 0.2) is 41.4 Å². The summed E-state index contributed by atoms with van der Waals surface area (Å²) in [4.78, 5) is 21.2. The highest BCUT2D eigenvalue weighted by atomic mass is 32.2. The highest BCUT2D eigenvalue weighted by Crippen LogP contribution is 2.34. The molecule has 2 aliphatic heterocycles. The van der Waals surface area contributed by atoms with Crippen LogP contribution in [0.25, 0.3) is 0 Å². The third-order valence-corrected chi connectivity index (χ3v) is 7.78. The van der Waals surface area contributed by atoms with E-state index in [1.165, 1.54) is 19.2 Å². The number of methoxy groups -OCH3 is 1. The number of piperazine rings is 1. The number of likely N-dealkylation sites (tertiary alicyclic amines) is 1. The maximum absolute atomic E-state index is 13.9. The van der Waals surface area contributed by atoms with E-state index in [1.807, 2.05) is 25.3 Å². The van der Waals surface area contributed by atoms with E-state index in [2.05, 4.69) is 9.88 Å². The molecule has 7 nitrogen and oxygen atoms in total. The molecule has 9 heteroatoms. The molecular formula is C22H26FN3O4S. The molecule has 2 saturated heterocycles. The van der Waals surface area contributed by atoms with Crippen LogP contribution in [0.5, 0.6) is 5.75 Å². The van der Waals surface area contributed by atoms with Crippen LogP contribution in [0.4, 0.5) is 10.2 Å². The summed E-state index contributed by atoms with van der Waals surface area (Å²) < 4.78 is 44.3. The molecule has 0 saturated carbocycles. The van der Waals surface area contributed by atoms with E-state index in [4.69, 9.17) is 4.74 Å². The van der Waals surface area contributed by atoms with E-state index in [1.54, 1.807) is 4.90 Å². The highest BCUT2D eigenvalue weighted by molar-refractivity contribution is 7.91. The van der Waals surface area contributed by atoms with Gasteiger partial charge in [-0.05, 0) is 43.5 Å². The first-order valence-electron chi connectivity index (χ1n) is 10.3. The first-order chi connectivity index (χ1) is 14.8. The molecule has 2 aliphatic rings. The number of halogens is 1. The average Bonchev–Trinajstić information content (AvgIpc) is 3.01. The first kappa shape index (κ1) is 21.5. The second kappa shape index (κ2) is 8.45. The van der Waals surface area contributed by atoms with Crippen molar-refractivity contribution in [1.29, 1.82) is 0 Å². The van der Waals surface area contributed by atoms with Crippen molar-refractivity contribution in [3.05, 3.63) is 47.9 Å². The predicted octanol–water partition coefficient (Wildman–Crippen LogP) is 2.58. The van der Waals surface area contributed by atoms with Crippen LogP contribution in [0.2, 0.25) is 0 Å². The van der Waals surface area contributed by atoms with Crippen molar-refractivity contribution >= 4 is 21.6 Å². The number of hydrogen-bond donors (Lipinski definition) is 0. The van der Waals surface area contributed by atoms with Gasteiger partial charge in [0.15, 0.2) is 21.4 Å². The summed E-state index contributed by atoms with van der Waals surface area (Å²) in [6.45, 7) is 3.10. The molecule has 2 fully saturated rings. The first-order valence-corrected chi connectivity index (χ1v) is 12.0. The Morgan fingerprint density at radius 2 is 1.90 bits per heavy atom. The highest BCUT2D eigenvalue weighted by Gasteiger charge is 2.42. The fraction of sp³-hybridized carbons (Fsp3) is 0.455. The summed E-state index contributed by atoms with van der Waals surface area (Å²) in [5.74, 6) is -0.724. The zero-order chi connectivity index (χ0) is 22.2. The number of sulfone groups is 1. The third kappa shape index (κ3) is 4.23. The van der Waals surface area contributed by atoms with E-state index in [9.17, 15) is 17.6 Å². The molecule has 3 heterocycles. The Labute approximate surface area is 181 Å². The number of aryl methyl sites for hydroxylation is 1. The molecule has 2 unspecified atom stereocenters. The predicted molar refractivity (Wildman–Crippen MR) is 114 cm³/mol. The van der Waals surface area contributed by atoms with E-state index >= 15 is 0 Å². The lowest BCUT2D eigenvalue weighted by atomic mass is 10.1. The lowest BCUT2D eigenvalue weighted by Gasteiger charge is -2.41. The number of rotatable bonds is 6. The van der Waals surface area contributed by atoms with Crippen molar-refractivity contribution in [3.63, 3.8) is 0 Å². The zero-order valence-corrected chi connectivity index (χ0v) is 18.4. The van der Waals surface area contributed by atoms with E-state index in [-0.39, 0.29) is 40.8 Å². The van der Waals surface area contributed by atoms with Gasteiger partial charge in [-0.1, -0.05) is 12.1 Å². The molecular weight excluding hydrogens is 421 g/mol. The van der Waals surface area contributed by atoms with E-state index < -0.39 is 15.7 Å². The fourth-order valence-electron chi connectivity index (χ4n) is 4.52. The number of nitrogens with zero attached hydrogens (tertiary/aromatic N) is 3. The summed E-state index contributed by atoms with van der Waals surface area (Å²) in [7, 11) is -2.64. The van der Waals surface area contributed by atoms with Crippen LogP contribution in [0.1, 0.15) is 24.8 Å². The van der Waals surface area contributed by atoms with Crippen LogP contribution in [-0.2, 0) is 14.6 Å². The zero-order valence-electron chi connectivity index (χ0n) is 17.6. The minimum Gasteiger partial charge on any atom is -0.492 e. The molecule has 2 bridgehead atoms. The van der Waals surface area contributed by atoms with Gasteiger partial charge in [0.25, 0.3) is 0 Å². The molecule has 0 radical (unpaired) electrons. The number of anilines is 1. The largest absolute Gasteiger partial charge is 0.492 e. The Bertz CT molecular complexity index is 1060. The Hall–Kier alpha value is -2.68. The summed E-state index contributed by atoms with van der Waals surface area (Å²) in [6.07, 6.45) is 3.65. The molecule has 166 valence electrons. The van der Waals surface area contributed by atoms with Crippen molar-refractivity contribution in [2.24, 2.45) is 0 Å². The van der Waals surface area contributed by atoms with Crippen molar-refractivity contribution in [1.82, 2.24) is 9.88 Å². The lowest BCUT2D eigenvalue weighted by molar-refractivity contribution is -0.131. The van der Waals surface area contributed by atoms with Gasteiger partial charge in [0.2, 0.25) is 5.91 Å². The van der Waals surface area contributed by atoms with Crippen LogP contribution in [0.3, 0.4) is 0 Å². The number of pyridine rings is 1. The maximum Gasteiger partial charge on any atom is 0.223 e. The number of carbonyl (C=O) groups is 1. The molecule has 1 amide bonds. The van der Waals surface area contributed by atoms with Gasteiger partial charge in [-0.25, -0.2) is 17.8 Å². The van der Waals surface area contributed by atoms with Crippen molar-refractivity contribution in [2.75, 3.05) is 30.9 Å². The molecule has 0 N–H and O–H groups in total. The van der Waals surface area contributed by atoms with Gasteiger partial charge in [-0.2, -0.15) is 0 Å². The molecule has 4 rings (SSSR count). The van der Waals surface area contributed by atoms with Crippen molar-refractivity contribution in [2.45, 2.75) is 43.2 Å². The van der Waals surface area contributed by atoms with Gasteiger partial charge in [0.05, 0.1) is 12.9 Å². The van der Waals surface area contributed by atoms with Crippen LogP contribution in [-0.4, -0.2) is 62.2 Å². The van der Waals surface area contributed by atoms with Gasteiger partial charge in [-0.3, -0.25) is 4.79 Å². The molecule has 0 aliphatic carbocycles. The number of amides is 1. The molecule has 1 aromatic heterocycles. The lowest BCUT2D eigenvalue weighted by Crippen LogP contribution is -2.55. The monoisotopic (exact) mass is 447 g/mol. The number of hydrogen-bond acceptors (Lipinski definition) is 6. The summed E-state index contributed by atoms with van der Waals surface area (Å²) in [5, 5.41) is 0. The number of para-hydroxylation sites is 1. The Morgan fingerprint density at radius 1 is 1.19 bits per heavy atom. The standard InChI is InChI=1S/C22H26FN3O4S/c1-15-6-9-20(24-12-15)26-16-7-8-17(26)14-25(13-16)21(27)10-11-31(28,29)19-5-3-4-18(23)22(19)30-2/h3-6,9,12,16-17H,7-8,10-11,13-14H2,1-2H3. The Balaban J connectivity index is 1.42. The minimum absolute atomic E-state index is 0.149. The number of ether oxygens (including phenoxy) is 1.